The van der Waals surface area contributed by atoms with E-state index in [4.69, 9.17) is 0 Å². The Morgan fingerprint density at radius 2 is 1.70 bits per heavy atom. The van der Waals surface area contributed by atoms with Gasteiger partial charge < -0.3 is 5.32 Å². The van der Waals surface area contributed by atoms with Gasteiger partial charge in [0.2, 0.25) is 5.91 Å². The second kappa shape index (κ2) is 7.29. The Hall–Kier alpha value is -2.33. The number of amides is 1. The van der Waals surface area contributed by atoms with E-state index >= 15 is 0 Å². The molecule has 0 aliphatic rings. The van der Waals surface area contributed by atoms with Gasteiger partial charge in [-0.3, -0.25) is 4.79 Å². The van der Waals surface area contributed by atoms with Crippen molar-refractivity contribution < 1.29 is 9.18 Å². The summed E-state index contributed by atoms with van der Waals surface area (Å²) >= 11 is 1.54. The van der Waals surface area contributed by atoms with Crippen LogP contribution in [0.4, 0.5) is 10.1 Å². The highest BCUT2D eigenvalue weighted by atomic mass is 32.2. The highest BCUT2D eigenvalue weighted by Crippen LogP contribution is 2.21. The summed E-state index contributed by atoms with van der Waals surface area (Å²) in [6.07, 6.45) is 0.412. The lowest BCUT2D eigenvalue weighted by molar-refractivity contribution is -0.115. The van der Waals surface area contributed by atoms with Crippen molar-refractivity contribution in [2.45, 2.75) is 11.3 Å². The number of benzene rings is 3. The lowest BCUT2D eigenvalue weighted by atomic mass is 10.1. The number of anilines is 1. The first-order valence-corrected chi connectivity index (χ1v) is 8.36. The molecular formula is C19H16FNOS. The summed E-state index contributed by atoms with van der Waals surface area (Å²) in [4.78, 5) is 13.0. The van der Waals surface area contributed by atoms with E-state index in [1.165, 1.54) is 12.1 Å². The number of thioether (sulfide) groups is 1. The Bertz CT molecular complexity index is 817. The van der Waals surface area contributed by atoms with Crippen LogP contribution < -0.4 is 5.32 Å². The third-order valence-corrected chi connectivity index (χ3v) is 4.46. The predicted molar refractivity (Wildman–Crippen MR) is 94.3 cm³/mol. The van der Waals surface area contributed by atoms with Gasteiger partial charge in [0.05, 0.1) is 0 Å². The van der Waals surface area contributed by atoms with Crippen molar-refractivity contribution in [2.75, 3.05) is 11.1 Å². The molecule has 0 aliphatic heterocycles. The van der Waals surface area contributed by atoms with Crippen LogP contribution in [0.15, 0.2) is 71.6 Å². The van der Waals surface area contributed by atoms with E-state index in [1.807, 2.05) is 42.5 Å². The lowest BCUT2D eigenvalue weighted by Gasteiger charge is -2.07. The van der Waals surface area contributed by atoms with E-state index in [9.17, 15) is 9.18 Å². The molecule has 0 aromatic heterocycles. The van der Waals surface area contributed by atoms with Crippen LogP contribution in [0.25, 0.3) is 10.8 Å². The zero-order valence-electron chi connectivity index (χ0n) is 12.5. The average Bonchev–Trinajstić information content (AvgIpc) is 2.56. The SMILES string of the molecule is O=C(CCSc1ccc(F)cc1)Nc1ccc2ccccc2c1. The van der Waals surface area contributed by atoms with Gasteiger partial charge in [0.1, 0.15) is 5.82 Å². The molecule has 0 radical (unpaired) electrons. The first kappa shape index (κ1) is 15.6. The van der Waals surface area contributed by atoms with Crippen molar-refractivity contribution in [3.8, 4) is 0 Å². The number of halogens is 1. The quantitative estimate of drug-likeness (QED) is 0.661. The van der Waals surface area contributed by atoms with Crippen LogP contribution in [0.2, 0.25) is 0 Å². The Morgan fingerprint density at radius 1 is 0.957 bits per heavy atom. The minimum absolute atomic E-state index is 0.0186. The smallest absolute Gasteiger partial charge is 0.225 e. The van der Waals surface area contributed by atoms with Gasteiger partial charge in [-0.05, 0) is 47.2 Å². The van der Waals surface area contributed by atoms with Gasteiger partial charge in [0, 0.05) is 22.8 Å². The molecule has 0 spiro atoms. The summed E-state index contributed by atoms with van der Waals surface area (Å²) in [6.45, 7) is 0. The number of nitrogens with one attached hydrogen (secondary N) is 1. The van der Waals surface area contributed by atoms with Crippen LogP contribution in [0.5, 0.6) is 0 Å². The topological polar surface area (TPSA) is 29.1 Å². The van der Waals surface area contributed by atoms with Gasteiger partial charge in [-0.15, -0.1) is 11.8 Å². The molecule has 0 unspecified atom stereocenters. The normalized spacial score (nSPS) is 10.7. The van der Waals surface area contributed by atoms with E-state index in [0.29, 0.717) is 12.2 Å². The maximum atomic E-state index is 12.8. The molecule has 0 aliphatic carbocycles. The molecule has 1 N–H and O–H groups in total. The summed E-state index contributed by atoms with van der Waals surface area (Å²) in [5.74, 6) is 0.392. The van der Waals surface area contributed by atoms with Crippen molar-refractivity contribution in [1.29, 1.82) is 0 Å². The fraction of sp³-hybridized carbons (Fsp3) is 0.105. The number of hydrogen-bond donors (Lipinski definition) is 1. The summed E-state index contributed by atoms with van der Waals surface area (Å²) in [5, 5.41) is 5.17. The zero-order valence-corrected chi connectivity index (χ0v) is 13.3. The van der Waals surface area contributed by atoms with Gasteiger partial charge in [-0.1, -0.05) is 30.3 Å². The largest absolute Gasteiger partial charge is 0.326 e. The zero-order chi connectivity index (χ0) is 16.1. The minimum atomic E-state index is -0.247. The van der Waals surface area contributed by atoms with Crippen molar-refractivity contribution in [3.63, 3.8) is 0 Å². The molecule has 23 heavy (non-hydrogen) atoms. The van der Waals surface area contributed by atoms with Gasteiger partial charge in [0.25, 0.3) is 0 Å². The highest BCUT2D eigenvalue weighted by molar-refractivity contribution is 7.99. The Labute approximate surface area is 138 Å². The van der Waals surface area contributed by atoms with Crippen LogP contribution in [0.3, 0.4) is 0 Å². The molecule has 3 aromatic rings. The maximum Gasteiger partial charge on any atom is 0.225 e. The maximum absolute atomic E-state index is 12.8. The van der Waals surface area contributed by atoms with Crippen molar-refractivity contribution in [1.82, 2.24) is 0 Å². The standard InChI is InChI=1S/C19H16FNOS/c20-16-6-9-18(10-7-16)23-12-11-19(22)21-17-8-5-14-3-1-2-4-15(14)13-17/h1-10,13H,11-12H2,(H,21,22). The van der Waals surface area contributed by atoms with Crippen LogP contribution in [-0.2, 0) is 4.79 Å². The molecule has 3 aromatic carbocycles. The first-order chi connectivity index (χ1) is 11.2. The molecule has 0 fully saturated rings. The summed E-state index contributed by atoms with van der Waals surface area (Å²) in [5.41, 5.74) is 0.806. The van der Waals surface area contributed by atoms with E-state index < -0.39 is 0 Å². The minimum Gasteiger partial charge on any atom is -0.326 e. The summed E-state index contributed by atoms with van der Waals surface area (Å²) < 4.78 is 12.8. The number of carbonyl (C=O) groups is 1. The second-order valence-corrected chi connectivity index (χ2v) is 6.33. The van der Waals surface area contributed by atoms with Crippen LogP contribution in [-0.4, -0.2) is 11.7 Å². The van der Waals surface area contributed by atoms with E-state index in [1.54, 1.807) is 23.9 Å². The molecule has 0 atom stereocenters. The molecule has 1 amide bonds. The van der Waals surface area contributed by atoms with Crippen LogP contribution in [0.1, 0.15) is 6.42 Å². The molecule has 2 nitrogen and oxygen atoms in total. The van der Waals surface area contributed by atoms with Crippen molar-refractivity contribution >= 4 is 34.1 Å². The molecule has 4 heteroatoms. The van der Waals surface area contributed by atoms with Crippen molar-refractivity contribution in [3.05, 3.63) is 72.5 Å². The summed E-state index contributed by atoms with van der Waals surface area (Å²) in [7, 11) is 0. The highest BCUT2D eigenvalue weighted by Gasteiger charge is 2.04. The molecule has 116 valence electrons. The molecule has 0 saturated heterocycles. The molecule has 0 bridgehead atoms. The van der Waals surface area contributed by atoms with Crippen molar-refractivity contribution in [2.24, 2.45) is 0 Å². The number of hydrogen-bond acceptors (Lipinski definition) is 2. The average molecular weight is 325 g/mol. The fourth-order valence-corrected chi connectivity index (χ4v) is 3.13. The van der Waals surface area contributed by atoms with E-state index in [0.717, 1.165) is 21.4 Å². The Morgan fingerprint density at radius 3 is 2.48 bits per heavy atom. The molecule has 3 rings (SSSR count). The second-order valence-electron chi connectivity index (χ2n) is 5.16. The Kier molecular flexibility index (Phi) is 4.93. The third-order valence-electron chi connectivity index (χ3n) is 3.44. The first-order valence-electron chi connectivity index (χ1n) is 7.38. The van der Waals surface area contributed by atoms with Gasteiger partial charge in [0.15, 0.2) is 0 Å². The van der Waals surface area contributed by atoms with Gasteiger partial charge in [-0.25, -0.2) is 4.39 Å². The van der Waals surface area contributed by atoms with Crippen LogP contribution in [0, 0.1) is 5.82 Å². The Balaban J connectivity index is 1.53. The van der Waals surface area contributed by atoms with Gasteiger partial charge in [-0.2, -0.15) is 0 Å². The fourth-order valence-electron chi connectivity index (χ4n) is 2.28. The molecule has 0 heterocycles. The summed E-state index contributed by atoms with van der Waals surface area (Å²) in [6, 6.07) is 20.2. The predicted octanol–water partition coefficient (Wildman–Crippen LogP) is 5.10. The molecule has 0 saturated carbocycles. The van der Waals surface area contributed by atoms with E-state index in [2.05, 4.69) is 5.32 Å². The van der Waals surface area contributed by atoms with E-state index in [-0.39, 0.29) is 11.7 Å². The lowest BCUT2D eigenvalue weighted by Crippen LogP contribution is -2.12. The monoisotopic (exact) mass is 325 g/mol. The number of carbonyl (C=O) groups excluding carboxylic acids is 1. The molecular weight excluding hydrogens is 309 g/mol. The van der Waals surface area contributed by atoms with Crippen LogP contribution >= 0.6 is 11.8 Å². The van der Waals surface area contributed by atoms with Gasteiger partial charge >= 0.3 is 0 Å². The number of fused-ring (bicyclic) bond motifs is 1. The third kappa shape index (κ3) is 4.33. The number of rotatable bonds is 5.